The second-order valence-electron chi connectivity index (χ2n) is 2.03. The van der Waals surface area contributed by atoms with Gasteiger partial charge in [-0.2, -0.15) is 0 Å². The summed E-state index contributed by atoms with van der Waals surface area (Å²) in [5, 5.41) is 0. The molecule has 0 aromatic carbocycles. The Morgan fingerprint density at radius 1 is 1.86 bits per heavy atom. The molecule has 42 valence electrons. The van der Waals surface area contributed by atoms with Crippen LogP contribution in [0.15, 0.2) is 0 Å². The van der Waals surface area contributed by atoms with Crippen LogP contribution in [-0.4, -0.2) is 28.5 Å². The molecule has 1 fully saturated rings. The van der Waals surface area contributed by atoms with Crippen molar-refractivity contribution in [3.8, 4) is 0 Å². The molecule has 0 spiro atoms. The normalized spacial score (nSPS) is 38.6. The molecule has 1 aliphatic rings. The second-order valence-corrected chi connectivity index (χ2v) is 3.11. The summed E-state index contributed by atoms with van der Waals surface area (Å²) in [6.45, 7) is 4.90. The Labute approximate surface area is 58.2 Å². The van der Waals surface area contributed by atoms with Crippen molar-refractivity contribution in [2.75, 3.05) is 17.5 Å². The molecule has 0 aromatic rings. The number of alkyl halides is 1. The van der Waals surface area contributed by atoms with Gasteiger partial charge in [0.15, 0.2) is 0 Å². The molecule has 0 bridgehead atoms. The van der Waals surface area contributed by atoms with Crippen LogP contribution in [0.2, 0.25) is 0 Å². The standard InChI is InChI=1S/C5H10IN/c1-5-4-7(5)3-2-6/h5H,2-4H2,1H3. The molecule has 0 saturated carbocycles. The van der Waals surface area contributed by atoms with E-state index < -0.39 is 0 Å². The zero-order valence-electron chi connectivity index (χ0n) is 4.52. The van der Waals surface area contributed by atoms with E-state index in [2.05, 4.69) is 34.4 Å². The number of nitrogens with zero attached hydrogens (tertiary/aromatic N) is 1. The fourth-order valence-corrected chi connectivity index (χ4v) is 1.33. The minimum absolute atomic E-state index is 0.898. The Hall–Kier alpha value is 0.690. The summed E-state index contributed by atoms with van der Waals surface area (Å²) >= 11 is 2.41. The van der Waals surface area contributed by atoms with Crippen molar-refractivity contribution in [2.45, 2.75) is 13.0 Å². The first-order valence-electron chi connectivity index (χ1n) is 2.64. The van der Waals surface area contributed by atoms with Gasteiger partial charge >= 0.3 is 0 Å². The van der Waals surface area contributed by atoms with E-state index in [0.29, 0.717) is 0 Å². The maximum absolute atomic E-state index is 2.46. The first kappa shape index (κ1) is 5.82. The minimum atomic E-state index is 0.898. The highest BCUT2D eigenvalue weighted by Crippen LogP contribution is 2.14. The first-order chi connectivity index (χ1) is 3.34. The van der Waals surface area contributed by atoms with Gasteiger partial charge in [-0.15, -0.1) is 0 Å². The van der Waals surface area contributed by atoms with Gasteiger partial charge in [0, 0.05) is 23.6 Å². The van der Waals surface area contributed by atoms with Crippen molar-refractivity contribution >= 4 is 22.6 Å². The zero-order chi connectivity index (χ0) is 5.28. The maximum atomic E-state index is 2.46. The van der Waals surface area contributed by atoms with E-state index in [4.69, 9.17) is 0 Å². The van der Waals surface area contributed by atoms with Crippen molar-refractivity contribution in [3.63, 3.8) is 0 Å². The Balaban J connectivity index is 1.98. The van der Waals surface area contributed by atoms with Crippen LogP contribution in [0.5, 0.6) is 0 Å². The summed E-state index contributed by atoms with van der Waals surface area (Å²) in [5.41, 5.74) is 0. The maximum Gasteiger partial charge on any atom is 0.0195 e. The van der Waals surface area contributed by atoms with E-state index in [0.717, 1.165) is 6.04 Å². The molecule has 2 atom stereocenters. The molecule has 1 aliphatic heterocycles. The average Bonchev–Trinajstić information content (AvgIpc) is 2.22. The van der Waals surface area contributed by atoms with Crippen LogP contribution >= 0.6 is 22.6 Å². The van der Waals surface area contributed by atoms with Gasteiger partial charge in [-0.05, 0) is 6.92 Å². The number of rotatable bonds is 2. The van der Waals surface area contributed by atoms with Crippen LogP contribution in [0.25, 0.3) is 0 Å². The van der Waals surface area contributed by atoms with E-state index in [1.807, 2.05) is 0 Å². The molecule has 0 amide bonds. The Morgan fingerprint density at radius 2 is 2.43 bits per heavy atom. The van der Waals surface area contributed by atoms with E-state index in [1.165, 1.54) is 17.5 Å². The van der Waals surface area contributed by atoms with Crippen molar-refractivity contribution in [2.24, 2.45) is 0 Å². The number of hydrogen-bond acceptors (Lipinski definition) is 1. The molecule has 2 heteroatoms. The molecular weight excluding hydrogens is 201 g/mol. The highest BCUT2D eigenvalue weighted by Gasteiger charge is 2.26. The first-order valence-corrected chi connectivity index (χ1v) is 4.17. The molecule has 1 saturated heterocycles. The highest BCUT2D eigenvalue weighted by molar-refractivity contribution is 14.1. The van der Waals surface area contributed by atoms with Gasteiger partial charge in [0.25, 0.3) is 0 Å². The lowest BCUT2D eigenvalue weighted by molar-refractivity contribution is 0.558. The zero-order valence-corrected chi connectivity index (χ0v) is 6.68. The van der Waals surface area contributed by atoms with Crippen LogP contribution in [0.4, 0.5) is 0 Å². The van der Waals surface area contributed by atoms with E-state index in [1.54, 1.807) is 0 Å². The summed E-state index contributed by atoms with van der Waals surface area (Å²) in [5.74, 6) is 0. The van der Waals surface area contributed by atoms with Crippen molar-refractivity contribution < 1.29 is 0 Å². The SMILES string of the molecule is CC1CN1CCI. The van der Waals surface area contributed by atoms with Crippen LogP contribution in [0, 0.1) is 0 Å². The quantitative estimate of drug-likeness (QED) is 0.376. The van der Waals surface area contributed by atoms with Gasteiger partial charge in [-0.3, -0.25) is 4.90 Å². The molecule has 0 radical (unpaired) electrons. The minimum Gasteiger partial charge on any atom is -0.297 e. The van der Waals surface area contributed by atoms with E-state index >= 15 is 0 Å². The average molecular weight is 211 g/mol. The monoisotopic (exact) mass is 211 g/mol. The highest BCUT2D eigenvalue weighted by atomic mass is 127. The summed E-state index contributed by atoms with van der Waals surface area (Å²) < 4.78 is 1.28. The largest absolute Gasteiger partial charge is 0.297 e. The summed E-state index contributed by atoms with van der Waals surface area (Å²) in [4.78, 5) is 2.46. The van der Waals surface area contributed by atoms with E-state index in [9.17, 15) is 0 Å². The van der Waals surface area contributed by atoms with Crippen LogP contribution in [0.1, 0.15) is 6.92 Å². The summed E-state index contributed by atoms with van der Waals surface area (Å²) in [6.07, 6.45) is 0. The van der Waals surface area contributed by atoms with Gasteiger partial charge < -0.3 is 0 Å². The third-order valence-electron chi connectivity index (χ3n) is 1.36. The van der Waals surface area contributed by atoms with Crippen LogP contribution in [-0.2, 0) is 0 Å². The number of halogens is 1. The van der Waals surface area contributed by atoms with Crippen molar-refractivity contribution in [1.82, 2.24) is 4.90 Å². The molecule has 7 heavy (non-hydrogen) atoms. The van der Waals surface area contributed by atoms with Crippen molar-refractivity contribution in [1.29, 1.82) is 0 Å². The molecule has 0 aromatic heterocycles. The summed E-state index contributed by atoms with van der Waals surface area (Å²) in [6, 6.07) is 0.898. The fourth-order valence-electron chi connectivity index (χ4n) is 0.712. The summed E-state index contributed by atoms with van der Waals surface area (Å²) in [7, 11) is 0. The molecule has 0 N–H and O–H groups in total. The Kier molecular flexibility index (Phi) is 1.92. The molecule has 2 unspecified atom stereocenters. The lowest BCUT2D eigenvalue weighted by atomic mass is 10.6. The molecule has 1 nitrogen and oxygen atoms in total. The van der Waals surface area contributed by atoms with Gasteiger partial charge in [0.05, 0.1) is 0 Å². The second kappa shape index (κ2) is 2.31. The molecule has 1 heterocycles. The molecular formula is C5H10IN. The van der Waals surface area contributed by atoms with Crippen LogP contribution in [0.3, 0.4) is 0 Å². The fraction of sp³-hybridized carbons (Fsp3) is 1.00. The third-order valence-corrected chi connectivity index (χ3v) is 1.84. The lowest BCUT2D eigenvalue weighted by Gasteiger charge is -1.91. The molecule has 1 rings (SSSR count). The smallest absolute Gasteiger partial charge is 0.0195 e. The Morgan fingerprint density at radius 3 is 2.57 bits per heavy atom. The third kappa shape index (κ3) is 1.57. The van der Waals surface area contributed by atoms with Crippen LogP contribution < -0.4 is 0 Å². The van der Waals surface area contributed by atoms with Gasteiger partial charge in [0.2, 0.25) is 0 Å². The van der Waals surface area contributed by atoms with E-state index in [-0.39, 0.29) is 0 Å². The lowest BCUT2D eigenvalue weighted by Crippen LogP contribution is -2.01. The number of hydrogen-bond donors (Lipinski definition) is 0. The van der Waals surface area contributed by atoms with Crippen molar-refractivity contribution in [3.05, 3.63) is 0 Å². The van der Waals surface area contributed by atoms with Gasteiger partial charge in [-0.1, -0.05) is 22.6 Å². The molecule has 0 aliphatic carbocycles. The predicted molar refractivity (Wildman–Crippen MR) is 39.9 cm³/mol. The van der Waals surface area contributed by atoms with Gasteiger partial charge in [0.1, 0.15) is 0 Å². The Bertz CT molecular complexity index is 65.1. The topological polar surface area (TPSA) is 3.01 Å². The van der Waals surface area contributed by atoms with Gasteiger partial charge in [-0.25, -0.2) is 0 Å². The predicted octanol–water partition coefficient (Wildman–Crippen LogP) is 1.13.